The Labute approximate surface area is 156 Å². The third-order valence-corrected chi connectivity index (χ3v) is 4.15. The number of rotatable bonds is 10. The lowest BCUT2D eigenvalue weighted by Crippen LogP contribution is -2.41. The van der Waals surface area contributed by atoms with Crippen molar-refractivity contribution < 1.29 is 24.2 Å². The number of benzene rings is 1. The molecule has 0 bridgehead atoms. The molecule has 27 heavy (non-hydrogen) atoms. The minimum Gasteiger partial charge on any atom is -0.495 e. The summed E-state index contributed by atoms with van der Waals surface area (Å²) in [5.41, 5.74) is 5.84. The monoisotopic (exact) mass is 376 g/mol. The van der Waals surface area contributed by atoms with Crippen LogP contribution in [0.2, 0.25) is 0 Å². The zero-order valence-corrected chi connectivity index (χ0v) is 15.1. The van der Waals surface area contributed by atoms with E-state index < -0.39 is 18.0 Å². The highest BCUT2D eigenvalue weighted by molar-refractivity contribution is 5.86. The van der Waals surface area contributed by atoms with Crippen molar-refractivity contribution in [3.63, 3.8) is 0 Å². The molecule has 5 N–H and O–H groups in total. The number of aliphatic carboxylic acids is 1. The SMILES string of the molecule is COc1cccc2ccn(CCC(=O)NC(CCCNC(N)=O)C(=O)O)c12. The van der Waals surface area contributed by atoms with Crippen LogP contribution in [-0.4, -0.2) is 47.3 Å². The third kappa shape index (κ3) is 5.63. The fourth-order valence-corrected chi connectivity index (χ4v) is 2.84. The highest BCUT2D eigenvalue weighted by atomic mass is 16.5. The molecule has 0 saturated heterocycles. The molecule has 3 amide bonds. The average molecular weight is 376 g/mol. The molecule has 2 rings (SSSR count). The lowest BCUT2D eigenvalue weighted by Gasteiger charge is -2.15. The molecule has 0 spiro atoms. The summed E-state index contributed by atoms with van der Waals surface area (Å²) in [6, 6.07) is 5.95. The number of aryl methyl sites for hydroxylation is 1. The van der Waals surface area contributed by atoms with Crippen molar-refractivity contribution in [1.29, 1.82) is 0 Å². The maximum Gasteiger partial charge on any atom is 0.326 e. The predicted molar refractivity (Wildman–Crippen MR) is 99.5 cm³/mol. The number of primary amides is 1. The summed E-state index contributed by atoms with van der Waals surface area (Å²) >= 11 is 0. The Balaban J connectivity index is 1.90. The number of carbonyl (C=O) groups excluding carboxylic acids is 2. The first-order chi connectivity index (χ1) is 12.9. The summed E-state index contributed by atoms with van der Waals surface area (Å²) in [4.78, 5) is 34.1. The van der Waals surface area contributed by atoms with Crippen LogP contribution in [0, 0.1) is 0 Å². The van der Waals surface area contributed by atoms with Crippen molar-refractivity contribution in [3.8, 4) is 5.75 Å². The lowest BCUT2D eigenvalue weighted by molar-refractivity contribution is -0.142. The molecule has 0 saturated carbocycles. The molecular formula is C18H24N4O5. The van der Waals surface area contributed by atoms with Crippen LogP contribution < -0.4 is 21.1 Å². The van der Waals surface area contributed by atoms with Crippen LogP contribution in [0.4, 0.5) is 4.79 Å². The van der Waals surface area contributed by atoms with Crippen molar-refractivity contribution in [2.24, 2.45) is 5.73 Å². The first kappa shape index (κ1) is 20.1. The highest BCUT2D eigenvalue weighted by Crippen LogP contribution is 2.26. The largest absolute Gasteiger partial charge is 0.495 e. The Hall–Kier alpha value is -3.23. The second-order valence-corrected chi connectivity index (χ2v) is 6.05. The number of hydrogen-bond donors (Lipinski definition) is 4. The molecule has 0 aliphatic rings. The van der Waals surface area contributed by atoms with E-state index in [1.807, 2.05) is 35.0 Å². The van der Waals surface area contributed by atoms with Crippen molar-refractivity contribution in [2.45, 2.75) is 31.8 Å². The Morgan fingerprint density at radius 3 is 2.74 bits per heavy atom. The van der Waals surface area contributed by atoms with E-state index >= 15 is 0 Å². The van der Waals surface area contributed by atoms with Gasteiger partial charge in [-0.2, -0.15) is 0 Å². The number of methoxy groups -OCH3 is 1. The summed E-state index contributed by atoms with van der Waals surface area (Å²) in [5, 5.41) is 15.1. The number of nitrogens with zero attached hydrogens (tertiary/aromatic N) is 1. The molecule has 146 valence electrons. The number of urea groups is 1. The van der Waals surface area contributed by atoms with Gasteiger partial charge in [0.05, 0.1) is 12.6 Å². The van der Waals surface area contributed by atoms with Gasteiger partial charge in [0.15, 0.2) is 0 Å². The van der Waals surface area contributed by atoms with Crippen molar-refractivity contribution >= 4 is 28.8 Å². The van der Waals surface area contributed by atoms with Crippen LogP contribution in [-0.2, 0) is 16.1 Å². The molecular weight excluding hydrogens is 352 g/mol. The van der Waals surface area contributed by atoms with E-state index in [4.69, 9.17) is 10.5 Å². The van der Waals surface area contributed by atoms with Gasteiger partial charge in [-0.25, -0.2) is 9.59 Å². The smallest absolute Gasteiger partial charge is 0.326 e. The minimum atomic E-state index is -1.12. The summed E-state index contributed by atoms with van der Waals surface area (Å²) in [5.74, 6) is -0.763. The highest BCUT2D eigenvalue weighted by Gasteiger charge is 2.19. The second-order valence-electron chi connectivity index (χ2n) is 6.05. The van der Waals surface area contributed by atoms with Gasteiger partial charge in [-0.05, 0) is 25.0 Å². The lowest BCUT2D eigenvalue weighted by atomic mass is 10.1. The van der Waals surface area contributed by atoms with Crippen molar-refractivity contribution in [1.82, 2.24) is 15.2 Å². The molecule has 9 heteroatoms. The molecule has 0 aliphatic carbocycles. The number of hydrogen-bond acceptors (Lipinski definition) is 4. The van der Waals surface area contributed by atoms with Crippen LogP contribution >= 0.6 is 0 Å². The van der Waals surface area contributed by atoms with Gasteiger partial charge in [-0.3, -0.25) is 4.79 Å². The van der Waals surface area contributed by atoms with Crippen LogP contribution in [0.1, 0.15) is 19.3 Å². The number of carboxylic acid groups (broad SMARTS) is 1. The molecule has 0 aliphatic heterocycles. The van der Waals surface area contributed by atoms with Crippen LogP contribution in [0.5, 0.6) is 5.75 Å². The third-order valence-electron chi connectivity index (χ3n) is 4.15. The topological polar surface area (TPSA) is 136 Å². The number of nitrogens with one attached hydrogen (secondary N) is 2. The molecule has 1 atom stereocenters. The Morgan fingerprint density at radius 2 is 2.07 bits per heavy atom. The van der Waals surface area contributed by atoms with Crippen LogP contribution in [0.15, 0.2) is 30.5 Å². The van der Waals surface area contributed by atoms with Crippen LogP contribution in [0.3, 0.4) is 0 Å². The van der Waals surface area contributed by atoms with Gasteiger partial charge in [0.2, 0.25) is 5.91 Å². The van der Waals surface area contributed by atoms with Gasteiger partial charge in [-0.15, -0.1) is 0 Å². The van der Waals surface area contributed by atoms with E-state index in [1.54, 1.807) is 7.11 Å². The summed E-state index contributed by atoms with van der Waals surface area (Å²) in [6.07, 6.45) is 2.58. The zero-order chi connectivity index (χ0) is 19.8. The van der Waals surface area contributed by atoms with Crippen molar-refractivity contribution in [3.05, 3.63) is 30.5 Å². The van der Waals surface area contributed by atoms with E-state index in [-0.39, 0.29) is 25.3 Å². The summed E-state index contributed by atoms with van der Waals surface area (Å²) in [6.45, 7) is 0.648. The summed E-state index contributed by atoms with van der Waals surface area (Å²) in [7, 11) is 1.59. The second kappa shape index (κ2) is 9.46. The molecule has 1 aromatic carbocycles. The molecule has 1 unspecified atom stereocenters. The fourth-order valence-electron chi connectivity index (χ4n) is 2.84. The molecule has 0 radical (unpaired) electrons. The normalized spacial score (nSPS) is 11.7. The minimum absolute atomic E-state index is 0.130. The number of carbonyl (C=O) groups is 3. The standard InChI is InChI=1S/C18H24N4O5/c1-27-14-6-2-4-12-7-10-22(16(12)14)11-8-15(23)21-13(17(24)25)5-3-9-20-18(19)26/h2,4,6-7,10,13H,3,5,8-9,11H2,1H3,(H,21,23)(H,24,25)(H3,19,20,26). The van der Waals surface area contributed by atoms with Gasteiger partial charge >= 0.3 is 12.0 Å². The van der Waals surface area contributed by atoms with Crippen LogP contribution in [0.25, 0.3) is 10.9 Å². The van der Waals surface area contributed by atoms with Gasteiger partial charge in [0, 0.05) is 31.1 Å². The fraction of sp³-hybridized carbons (Fsp3) is 0.389. The number of carboxylic acids is 1. The molecule has 9 nitrogen and oxygen atoms in total. The van der Waals surface area contributed by atoms with E-state index in [0.29, 0.717) is 18.7 Å². The number of nitrogens with two attached hydrogens (primary N) is 1. The number of ether oxygens (including phenoxy) is 1. The average Bonchev–Trinajstić information content (AvgIpc) is 3.05. The first-order valence-corrected chi connectivity index (χ1v) is 8.59. The van der Waals surface area contributed by atoms with Gasteiger partial charge < -0.3 is 30.8 Å². The van der Waals surface area contributed by atoms with Gasteiger partial charge in [0.1, 0.15) is 11.8 Å². The number of aromatic nitrogens is 1. The van der Waals surface area contributed by atoms with Gasteiger partial charge in [0.25, 0.3) is 0 Å². The Bertz CT molecular complexity index is 817. The molecule has 1 heterocycles. The van der Waals surface area contributed by atoms with E-state index in [0.717, 1.165) is 10.9 Å². The Morgan fingerprint density at radius 1 is 1.30 bits per heavy atom. The Kier molecular flexibility index (Phi) is 7.04. The van der Waals surface area contributed by atoms with Gasteiger partial charge in [-0.1, -0.05) is 12.1 Å². The predicted octanol–water partition coefficient (Wildman–Crippen LogP) is 1.06. The molecule has 2 aromatic rings. The number of para-hydroxylation sites is 1. The van der Waals surface area contributed by atoms with E-state index in [2.05, 4.69) is 10.6 Å². The van der Waals surface area contributed by atoms with Crippen molar-refractivity contribution in [2.75, 3.05) is 13.7 Å². The zero-order valence-electron chi connectivity index (χ0n) is 15.1. The number of fused-ring (bicyclic) bond motifs is 1. The summed E-state index contributed by atoms with van der Waals surface area (Å²) < 4.78 is 7.27. The quantitative estimate of drug-likeness (QED) is 0.460. The maximum atomic E-state index is 12.2. The maximum absolute atomic E-state index is 12.2. The number of amides is 3. The molecule has 1 aromatic heterocycles. The van der Waals surface area contributed by atoms with E-state index in [1.165, 1.54) is 0 Å². The molecule has 0 fully saturated rings. The first-order valence-electron chi connectivity index (χ1n) is 8.59. The van der Waals surface area contributed by atoms with E-state index in [9.17, 15) is 19.5 Å².